The number of carbonyl (C=O) groups is 1. The average molecular weight is 319 g/mol. The minimum absolute atomic E-state index is 0.126. The largest absolute Gasteiger partial charge is 0.495 e. The Hall–Kier alpha value is -3.16. The zero-order valence-corrected chi connectivity index (χ0v) is 12.2. The normalized spacial score (nSPS) is 10.0. The molecule has 2 rings (SSSR count). The molecule has 0 atom stereocenters. The molecular formula is C15H14FN3O4. The highest BCUT2D eigenvalue weighted by atomic mass is 19.1. The molecule has 0 heterocycles. The van der Waals surface area contributed by atoms with Crippen molar-refractivity contribution in [2.24, 2.45) is 0 Å². The average Bonchev–Trinajstić information content (AvgIpc) is 2.52. The number of halogens is 1. The molecule has 23 heavy (non-hydrogen) atoms. The van der Waals surface area contributed by atoms with Gasteiger partial charge in [-0.05, 0) is 24.3 Å². The van der Waals surface area contributed by atoms with Crippen molar-refractivity contribution in [3.05, 3.63) is 58.4 Å². The van der Waals surface area contributed by atoms with E-state index in [9.17, 15) is 19.3 Å². The second-order valence-electron chi connectivity index (χ2n) is 4.55. The maximum absolute atomic E-state index is 13.0. The van der Waals surface area contributed by atoms with Crippen LogP contribution in [0.4, 0.5) is 21.5 Å². The lowest BCUT2D eigenvalue weighted by Gasteiger charge is -2.11. The summed E-state index contributed by atoms with van der Waals surface area (Å²) in [5, 5.41) is 16.1. The fourth-order valence-corrected chi connectivity index (χ4v) is 1.89. The van der Waals surface area contributed by atoms with E-state index < -0.39 is 16.6 Å². The number of nitrogens with zero attached hydrogens (tertiary/aromatic N) is 1. The van der Waals surface area contributed by atoms with E-state index in [1.165, 1.54) is 43.5 Å². The van der Waals surface area contributed by atoms with E-state index in [1.54, 1.807) is 6.07 Å². The molecule has 120 valence electrons. The van der Waals surface area contributed by atoms with E-state index in [4.69, 9.17) is 4.74 Å². The van der Waals surface area contributed by atoms with Crippen LogP contribution in [-0.4, -0.2) is 24.5 Å². The fraction of sp³-hybridized carbons (Fsp3) is 0.133. The Morgan fingerprint density at radius 3 is 2.74 bits per heavy atom. The lowest BCUT2D eigenvalue weighted by molar-refractivity contribution is -0.384. The van der Waals surface area contributed by atoms with E-state index in [0.717, 1.165) is 0 Å². The van der Waals surface area contributed by atoms with Crippen molar-refractivity contribution in [2.45, 2.75) is 0 Å². The highest BCUT2D eigenvalue weighted by molar-refractivity contribution is 5.94. The number of nitrogens with one attached hydrogen (secondary N) is 2. The zero-order valence-electron chi connectivity index (χ0n) is 12.2. The first-order valence-electron chi connectivity index (χ1n) is 6.61. The Labute approximate surface area is 131 Å². The van der Waals surface area contributed by atoms with E-state index >= 15 is 0 Å². The van der Waals surface area contributed by atoms with Crippen molar-refractivity contribution in [3.8, 4) is 5.75 Å². The molecule has 7 nitrogen and oxygen atoms in total. The Kier molecular flexibility index (Phi) is 5.08. The monoisotopic (exact) mass is 319 g/mol. The van der Waals surface area contributed by atoms with Gasteiger partial charge in [0, 0.05) is 17.8 Å². The summed E-state index contributed by atoms with van der Waals surface area (Å²) >= 11 is 0. The number of non-ortho nitro benzene ring substituents is 1. The lowest BCUT2D eigenvalue weighted by Crippen LogP contribution is -2.22. The molecule has 0 bridgehead atoms. The number of ether oxygens (including phenoxy) is 1. The number of nitro benzene ring substituents is 1. The third-order valence-corrected chi connectivity index (χ3v) is 2.94. The Balaban J connectivity index is 2.03. The van der Waals surface area contributed by atoms with Crippen LogP contribution >= 0.6 is 0 Å². The van der Waals surface area contributed by atoms with Crippen LogP contribution in [0.15, 0.2) is 42.5 Å². The minimum atomic E-state index is -0.544. The van der Waals surface area contributed by atoms with Gasteiger partial charge in [-0.25, -0.2) is 4.39 Å². The number of rotatable bonds is 6. The lowest BCUT2D eigenvalue weighted by atomic mass is 10.2. The van der Waals surface area contributed by atoms with Gasteiger partial charge in [0.25, 0.3) is 5.69 Å². The molecule has 0 saturated carbocycles. The molecule has 8 heteroatoms. The summed E-state index contributed by atoms with van der Waals surface area (Å²) in [5.74, 6) is -0.519. The third-order valence-electron chi connectivity index (χ3n) is 2.94. The molecule has 0 unspecified atom stereocenters. The molecule has 0 aromatic heterocycles. The summed E-state index contributed by atoms with van der Waals surface area (Å²) in [6, 6.07) is 9.49. The molecule has 1 amide bonds. The van der Waals surface area contributed by atoms with Crippen LogP contribution in [0.3, 0.4) is 0 Å². The van der Waals surface area contributed by atoms with E-state index in [2.05, 4.69) is 10.6 Å². The van der Waals surface area contributed by atoms with Gasteiger partial charge in [-0.15, -0.1) is 0 Å². The van der Waals surface area contributed by atoms with Gasteiger partial charge in [-0.2, -0.15) is 0 Å². The second-order valence-corrected chi connectivity index (χ2v) is 4.55. The summed E-state index contributed by atoms with van der Waals surface area (Å²) in [6.45, 7) is -0.159. The van der Waals surface area contributed by atoms with Gasteiger partial charge in [-0.1, -0.05) is 6.07 Å². The smallest absolute Gasteiger partial charge is 0.271 e. The van der Waals surface area contributed by atoms with E-state index in [1.807, 2.05) is 0 Å². The predicted molar refractivity (Wildman–Crippen MR) is 83.2 cm³/mol. The maximum Gasteiger partial charge on any atom is 0.271 e. The Morgan fingerprint density at radius 1 is 1.30 bits per heavy atom. The van der Waals surface area contributed by atoms with Crippen molar-refractivity contribution >= 4 is 23.0 Å². The number of carbonyl (C=O) groups excluding carboxylic acids is 1. The van der Waals surface area contributed by atoms with Crippen LogP contribution in [-0.2, 0) is 4.79 Å². The zero-order chi connectivity index (χ0) is 16.8. The fourth-order valence-electron chi connectivity index (χ4n) is 1.89. The summed E-state index contributed by atoms with van der Waals surface area (Å²) in [6.07, 6.45) is 0. The van der Waals surface area contributed by atoms with Crippen LogP contribution in [0.5, 0.6) is 5.75 Å². The van der Waals surface area contributed by atoms with Crippen molar-refractivity contribution in [3.63, 3.8) is 0 Å². The van der Waals surface area contributed by atoms with Crippen LogP contribution in [0.2, 0.25) is 0 Å². The highest BCUT2D eigenvalue weighted by Gasteiger charge is 2.12. The number of hydrogen-bond acceptors (Lipinski definition) is 5. The topological polar surface area (TPSA) is 93.5 Å². The van der Waals surface area contributed by atoms with Crippen molar-refractivity contribution in [1.82, 2.24) is 0 Å². The number of methoxy groups -OCH3 is 1. The molecule has 2 N–H and O–H groups in total. The molecular weight excluding hydrogens is 305 g/mol. The number of amides is 1. The molecule has 2 aromatic rings. The molecule has 0 aliphatic heterocycles. The van der Waals surface area contributed by atoms with Crippen LogP contribution < -0.4 is 15.4 Å². The van der Waals surface area contributed by atoms with E-state index in [0.29, 0.717) is 17.1 Å². The third kappa shape index (κ3) is 4.40. The molecule has 0 aliphatic rings. The predicted octanol–water partition coefficient (Wildman–Crippen LogP) is 2.79. The van der Waals surface area contributed by atoms with Crippen molar-refractivity contribution in [2.75, 3.05) is 24.3 Å². The first kappa shape index (κ1) is 16.2. The maximum atomic E-state index is 13.0. The van der Waals surface area contributed by atoms with Gasteiger partial charge in [0.05, 0.1) is 24.3 Å². The minimum Gasteiger partial charge on any atom is -0.495 e. The van der Waals surface area contributed by atoms with Gasteiger partial charge in [0.1, 0.15) is 11.6 Å². The van der Waals surface area contributed by atoms with Crippen molar-refractivity contribution in [1.29, 1.82) is 0 Å². The van der Waals surface area contributed by atoms with Crippen LogP contribution in [0.25, 0.3) is 0 Å². The summed E-state index contributed by atoms with van der Waals surface area (Å²) in [5.41, 5.74) is 0.512. The second kappa shape index (κ2) is 7.21. The standard InChI is InChI=1S/C15H14FN3O4/c1-23-14-6-5-12(19(21)22)8-13(14)17-9-15(20)18-11-4-2-3-10(16)7-11/h2-8,17H,9H2,1H3,(H,18,20). The van der Waals surface area contributed by atoms with Gasteiger partial charge >= 0.3 is 0 Å². The molecule has 2 aromatic carbocycles. The number of anilines is 2. The van der Waals surface area contributed by atoms with Crippen LogP contribution in [0, 0.1) is 15.9 Å². The SMILES string of the molecule is COc1ccc([N+](=O)[O-])cc1NCC(=O)Nc1cccc(F)c1. The highest BCUT2D eigenvalue weighted by Crippen LogP contribution is 2.28. The summed E-state index contributed by atoms with van der Waals surface area (Å²) in [7, 11) is 1.42. The van der Waals surface area contributed by atoms with E-state index in [-0.39, 0.29) is 12.2 Å². The Bertz CT molecular complexity index is 736. The molecule has 0 aliphatic carbocycles. The van der Waals surface area contributed by atoms with Gasteiger partial charge < -0.3 is 15.4 Å². The molecule has 0 spiro atoms. The van der Waals surface area contributed by atoms with Gasteiger partial charge in [0.15, 0.2) is 0 Å². The van der Waals surface area contributed by atoms with Crippen molar-refractivity contribution < 1.29 is 18.8 Å². The quantitative estimate of drug-likeness (QED) is 0.631. The first-order chi connectivity index (χ1) is 11.0. The Morgan fingerprint density at radius 2 is 2.09 bits per heavy atom. The number of benzene rings is 2. The van der Waals surface area contributed by atoms with Crippen LogP contribution in [0.1, 0.15) is 0 Å². The number of nitro groups is 1. The number of hydrogen-bond donors (Lipinski definition) is 2. The molecule has 0 fully saturated rings. The first-order valence-corrected chi connectivity index (χ1v) is 6.61. The summed E-state index contributed by atoms with van der Waals surface area (Å²) < 4.78 is 18.1. The van der Waals surface area contributed by atoms with Gasteiger partial charge in [0.2, 0.25) is 5.91 Å². The summed E-state index contributed by atoms with van der Waals surface area (Å²) in [4.78, 5) is 22.1. The molecule has 0 radical (unpaired) electrons. The molecule has 0 saturated heterocycles. The van der Waals surface area contributed by atoms with Gasteiger partial charge in [-0.3, -0.25) is 14.9 Å².